The molecule has 1 aromatic carbocycles. The van der Waals surface area contributed by atoms with E-state index in [2.05, 4.69) is 5.32 Å². The summed E-state index contributed by atoms with van der Waals surface area (Å²) in [4.78, 5) is 25.9. The zero-order valence-electron chi connectivity index (χ0n) is 14.0. The number of hydrogen-bond donors (Lipinski definition) is 1. The Bertz CT molecular complexity index is 780. The second-order valence-corrected chi connectivity index (χ2v) is 8.16. The highest BCUT2D eigenvalue weighted by Crippen LogP contribution is 2.33. The third kappa shape index (κ3) is 3.77. The van der Waals surface area contributed by atoms with E-state index in [0.717, 1.165) is 0 Å². The van der Waals surface area contributed by atoms with Gasteiger partial charge in [0.25, 0.3) is 5.91 Å². The maximum Gasteiger partial charge on any atom is 0.268 e. The highest BCUT2D eigenvalue weighted by Gasteiger charge is 2.32. The molecule has 2 heterocycles. The fraction of sp³-hybridized carbons (Fsp3) is 0.500. The molecule has 0 spiro atoms. The van der Waals surface area contributed by atoms with Gasteiger partial charge in [-0.2, -0.15) is 0 Å². The Morgan fingerprint density at radius 2 is 2.12 bits per heavy atom. The number of carbonyl (C=O) groups is 2. The summed E-state index contributed by atoms with van der Waals surface area (Å²) in [6, 6.07) is 7.05. The van der Waals surface area contributed by atoms with E-state index < -0.39 is 16.1 Å². The summed E-state index contributed by atoms with van der Waals surface area (Å²) >= 11 is 0. The molecule has 1 fully saturated rings. The number of benzene rings is 1. The summed E-state index contributed by atoms with van der Waals surface area (Å²) in [5.41, 5.74) is 0.558. The van der Waals surface area contributed by atoms with Crippen LogP contribution in [0.15, 0.2) is 24.3 Å². The number of fused-ring (bicyclic) bond motifs is 1. The number of sulfonamides is 1. The Kier molecular flexibility index (Phi) is 4.96. The maximum atomic E-state index is 12.3. The summed E-state index contributed by atoms with van der Waals surface area (Å²) in [6.45, 7) is 2.47. The number of para-hydroxylation sites is 2. The minimum absolute atomic E-state index is 0.129. The van der Waals surface area contributed by atoms with Crippen molar-refractivity contribution in [3.63, 3.8) is 0 Å². The van der Waals surface area contributed by atoms with Crippen LogP contribution in [-0.2, 0) is 19.6 Å². The zero-order valence-corrected chi connectivity index (χ0v) is 14.8. The van der Waals surface area contributed by atoms with E-state index in [0.29, 0.717) is 24.4 Å². The van der Waals surface area contributed by atoms with Crippen LogP contribution in [0.5, 0.6) is 5.75 Å². The van der Waals surface area contributed by atoms with Crippen LogP contribution < -0.4 is 15.0 Å². The van der Waals surface area contributed by atoms with E-state index in [4.69, 9.17) is 4.74 Å². The van der Waals surface area contributed by atoms with Gasteiger partial charge in [-0.25, -0.2) is 12.7 Å². The number of anilines is 1. The molecule has 25 heavy (non-hydrogen) atoms. The first-order valence-corrected chi connectivity index (χ1v) is 9.81. The third-order valence-corrected chi connectivity index (χ3v) is 6.22. The molecular weight excluding hydrogens is 346 g/mol. The molecule has 0 radical (unpaired) electrons. The van der Waals surface area contributed by atoms with E-state index in [1.54, 1.807) is 31.2 Å². The first-order chi connectivity index (χ1) is 11.9. The van der Waals surface area contributed by atoms with Crippen molar-refractivity contribution in [2.45, 2.75) is 19.4 Å². The lowest BCUT2D eigenvalue weighted by atomic mass is 10.2. The van der Waals surface area contributed by atoms with Gasteiger partial charge in [0, 0.05) is 19.6 Å². The lowest BCUT2D eigenvalue weighted by Gasteiger charge is -2.32. The van der Waals surface area contributed by atoms with E-state index in [1.165, 1.54) is 9.21 Å². The minimum Gasteiger partial charge on any atom is -0.479 e. The summed E-state index contributed by atoms with van der Waals surface area (Å²) < 4.78 is 30.3. The molecule has 0 saturated carbocycles. The van der Waals surface area contributed by atoms with Crippen molar-refractivity contribution in [3.8, 4) is 5.75 Å². The molecule has 0 unspecified atom stereocenters. The molecule has 2 amide bonds. The second-order valence-electron chi connectivity index (χ2n) is 6.07. The van der Waals surface area contributed by atoms with Crippen molar-refractivity contribution in [3.05, 3.63) is 24.3 Å². The van der Waals surface area contributed by atoms with Gasteiger partial charge < -0.3 is 10.1 Å². The Hall–Kier alpha value is -2.13. The second kappa shape index (κ2) is 7.01. The Balaban J connectivity index is 1.58. The molecule has 0 aliphatic carbocycles. The quantitative estimate of drug-likeness (QED) is 0.787. The van der Waals surface area contributed by atoms with Crippen molar-refractivity contribution >= 4 is 27.5 Å². The van der Waals surface area contributed by atoms with E-state index in [1.807, 2.05) is 0 Å². The first kappa shape index (κ1) is 17.7. The van der Waals surface area contributed by atoms with Crippen LogP contribution in [0.25, 0.3) is 0 Å². The van der Waals surface area contributed by atoms with Gasteiger partial charge in [-0.1, -0.05) is 12.1 Å². The van der Waals surface area contributed by atoms with Crippen LogP contribution in [0.2, 0.25) is 0 Å². The number of ether oxygens (including phenoxy) is 1. The molecule has 0 aromatic heterocycles. The third-order valence-electron chi connectivity index (χ3n) is 4.26. The summed E-state index contributed by atoms with van der Waals surface area (Å²) in [5.74, 6) is 0.105. The number of amides is 2. The molecule has 2 aliphatic rings. The van der Waals surface area contributed by atoms with Gasteiger partial charge in [-0.05, 0) is 25.5 Å². The van der Waals surface area contributed by atoms with E-state index in [-0.39, 0.29) is 37.2 Å². The molecule has 0 bridgehead atoms. The van der Waals surface area contributed by atoms with Crippen LogP contribution in [0.1, 0.15) is 13.3 Å². The number of hydrogen-bond acceptors (Lipinski definition) is 5. The van der Waals surface area contributed by atoms with Gasteiger partial charge >= 0.3 is 0 Å². The standard InChI is InChI=1S/C16H21N3O5S/c1-12-16(21)19(13-5-2-3-6-14(13)24-12)11-15(20)17-7-9-18-8-4-10-25(18,22)23/h2-3,5-6,12H,4,7-11H2,1H3,(H,17,20)/t12-/m0/s1. The van der Waals surface area contributed by atoms with Crippen LogP contribution in [0, 0.1) is 0 Å². The van der Waals surface area contributed by atoms with Gasteiger partial charge in [-0.15, -0.1) is 0 Å². The van der Waals surface area contributed by atoms with Crippen LogP contribution in [0.4, 0.5) is 5.69 Å². The molecule has 1 aromatic rings. The fourth-order valence-corrected chi connectivity index (χ4v) is 4.51. The highest BCUT2D eigenvalue weighted by molar-refractivity contribution is 7.89. The normalized spacial score (nSPS) is 22.4. The maximum absolute atomic E-state index is 12.3. The molecule has 8 nitrogen and oxygen atoms in total. The molecule has 136 valence electrons. The van der Waals surface area contributed by atoms with Crippen molar-refractivity contribution in [1.82, 2.24) is 9.62 Å². The van der Waals surface area contributed by atoms with Crippen LogP contribution in [-0.4, -0.2) is 62.6 Å². The van der Waals surface area contributed by atoms with Crippen molar-refractivity contribution in [1.29, 1.82) is 0 Å². The molecule has 1 saturated heterocycles. The van der Waals surface area contributed by atoms with Crippen LogP contribution >= 0.6 is 0 Å². The average molecular weight is 367 g/mol. The van der Waals surface area contributed by atoms with E-state index in [9.17, 15) is 18.0 Å². The smallest absolute Gasteiger partial charge is 0.268 e. The zero-order chi connectivity index (χ0) is 18.0. The number of carbonyl (C=O) groups excluding carboxylic acids is 2. The fourth-order valence-electron chi connectivity index (χ4n) is 2.98. The van der Waals surface area contributed by atoms with Gasteiger partial charge in [0.05, 0.1) is 11.4 Å². The summed E-state index contributed by atoms with van der Waals surface area (Å²) in [5, 5.41) is 2.68. The predicted octanol–water partition coefficient (Wildman–Crippen LogP) is -0.0478. The molecule has 3 rings (SSSR count). The average Bonchev–Trinajstić information content (AvgIpc) is 2.90. The van der Waals surface area contributed by atoms with Crippen LogP contribution in [0.3, 0.4) is 0 Å². The number of rotatable bonds is 5. The molecule has 2 aliphatic heterocycles. The Morgan fingerprint density at radius 1 is 1.36 bits per heavy atom. The van der Waals surface area contributed by atoms with Crippen molar-refractivity contribution < 1.29 is 22.7 Å². The summed E-state index contributed by atoms with van der Waals surface area (Å²) in [6.07, 6.45) is -0.0369. The lowest BCUT2D eigenvalue weighted by Crippen LogP contribution is -2.49. The lowest BCUT2D eigenvalue weighted by molar-refractivity contribution is -0.128. The molecule has 1 atom stereocenters. The Labute approximate surface area is 146 Å². The van der Waals surface area contributed by atoms with E-state index >= 15 is 0 Å². The SMILES string of the molecule is C[C@@H]1Oc2ccccc2N(CC(=O)NCCN2CCCS2(=O)=O)C1=O. The molecule has 9 heteroatoms. The largest absolute Gasteiger partial charge is 0.479 e. The first-order valence-electron chi connectivity index (χ1n) is 8.20. The number of nitrogens with zero attached hydrogens (tertiary/aromatic N) is 2. The summed E-state index contributed by atoms with van der Waals surface area (Å²) in [7, 11) is -3.17. The number of nitrogens with one attached hydrogen (secondary N) is 1. The van der Waals surface area contributed by atoms with Crippen molar-refractivity contribution in [2.75, 3.05) is 36.8 Å². The minimum atomic E-state index is -3.17. The topological polar surface area (TPSA) is 96.0 Å². The molecule has 1 N–H and O–H groups in total. The van der Waals surface area contributed by atoms with Gasteiger partial charge in [0.2, 0.25) is 15.9 Å². The highest BCUT2D eigenvalue weighted by atomic mass is 32.2. The van der Waals surface area contributed by atoms with Gasteiger partial charge in [-0.3, -0.25) is 14.5 Å². The van der Waals surface area contributed by atoms with Gasteiger partial charge in [0.15, 0.2) is 6.10 Å². The molecular formula is C16H21N3O5S. The predicted molar refractivity (Wildman–Crippen MR) is 91.9 cm³/mol. The Morgan fingerprint density at radius 3 is 2.84 bits per heavy atom. The van der Waals surface area contributed by atoms with Gasteiger partial charge in [0.1, 0.15) is 12.3 Å². The monoisotopic (exact) mass is 367 g/mol. The van der Waals surface area contributed by atoms with Crippen molar-refractivity contribution in [2.24, 2.45) is 0 Å².